The highest BCUT2D eigenvalue weighted by Crippen LogP contribution is 2.47. The second-order valence-corrected chi connectivity index (χ2v) is 9.09. The van der Waals surface area contributed by atoms with Gasteiger partial charge in [0, 0.05) is 11.6 Å². The summed E-state index contributed by atoms with van der Waals surface area (Å²) in [6.45, 7) is 0. The van der Waals surface area contributed by atoms with Crippen molar-refractivity contribution in [1.82, 2.24) is 4.98 Å². The summed E-state index contributed by atoms with van der Waals surface area (Å²) >= 11 is 0. The van der Waals surface area contributed by atoms with E-state index in [1.807, 2.05) is 30.3 Å². The average molecular weight is 317 g/mol. The van der Waals surface area contributed by atoms with Crippen molar-refractivity contribution in [2.45, 2.75) is 48.2 Å². The second kappa shape index (κ2) is 4.77. The van der Waals surface area contributed by atoms with Gasteiger partial charge in [0.25, 0.3) is 0 Å². The molecule has 116 valence electrons. The van der Waals surface area contributed by atoms with Crippen LogP contribution in [0.15, 0.2) is 36.5 Å². The van der Waals surface area contributed by atoms with E-state index in [-0.39, 0.29) is 0 Å². The van der Waals surface area contributed by atoms with E-state index in [1.165, 1.54) is 0 Å². The molecule has 2 aliphatic rings. The van der Waals surface area contributed by atoms with Crippen molar-refractivity contribution >= 4 is 20.7 Å². The number of fused-ring (bicyclic) bond motifs is 3. The van der Waals surface area contributed by atoms with Gasteiger partial charge in [0.1, 0.15) is 0 Å². The smallest absolute Gasteiger partial charge is 0.156 e. The molecule has 2 aliphatic heterocycles. The Balaban J connectivity index is 1.85. The number of hydrogen-bond acceptors (Lipinski definition) is 4. The van der Waals surface area contributed by atoms with E-state index in [4.69, 9.17) is 0 Å². The fourth-order valence-electron chi connectivity index (χ4n) is 4.18. The maximum atomic E-state index is 12.5. The topological polar surface area (TPSA) is 67.3 Å². The Hall–Kier alpha value is -1.46. The molecule has 0 aliphatic carbocycles. The van der Waals surface area contributed by atoms with Gasteiger partial charge in [-0.1, -0.05) is 24.6 Å². The van der Waals surface area contributed by atoms with Gasteiger partial charge in [-0.3, -0.25) is 4.98 Å². The van der Waals surface area contributed by atoms with Gasteiger partial charge < -0.3 is 5.11 Å². The highest BCUT2D eigenvalue weighted by atomic mass is 32.2. The van der Waals surface area contributed by atoms with Crippen molar-refractivity contribution in [3.8, 4) is 0 Å². The molecule has 1 N–H and O–H groups in total. The summed E-state index contributed by atoms with van der Waals surface area (Å²) in [6, 6.07) is 9.53. The summed E-state index contributed by atoms with van der Waals surface area (Å²) < 4.78 is 24.9. The van der Waals surface area contributed by atoms with Crippen molar-refractivity contribution in [3.63, 3.8) is 0 Å². The van der Waals surface area contributed by atoms with Gasteiger partial charge in [-0.2, -0.15) is 0 Å². The third-order valence-electron chi connectivity index (χ3n) is 5.26. The first kappa shape index (κ1) is 14.2. The van der Waals surface area contributed by atoms with Crippen LogP contribution in [0, 0.1) is 0 Å². The largest absolute Gasteiger partial charge is 0.385 e. The molecule has 22 heavy (non-hydrogen) atoms. The Kier molecular flexibility index (Phi) is 3.07. The minimum absolute atomic E-state index is 0.305. The van der Waals surface area contributed by atoms with Gasteiger partial charge in [0.05, 0.1) is 21.6 Å². The summed E-state index contributed by atoms with van der Waals surface area (Å²) in [6.07, 6.45) is 4.63. The minimum Gasteiger partial charge on any atom is -0.385 e. The zero-order valence-electron chi connectivity index (χ0n) is 12.3. The Morgan fingerprint density at radius 3 is 2.55 bits per heavy atom. The summed E-state index contributed by atoms with van der Waals surface area (Å²) in [5.74, 6) is 0. The molecule has 1 aromatic heterocycles. The maximum absolute atomic E-state index is 12.5. The van der Waals surface area contributed by atoms with Gasteiger partial charge >= 0.3 is 0 Å². The molecule has 0 amide bonds. The molecule has 1 aromatic carbocycles. The lowest BCUT2D eigenvalue weighted by atomic mass is 9.79. The van der Waals surface area contributed by atoms with E-state index in [1.54, 1.807) is 6.20 Å². The van der Waals surface area contributed by atoms with Crippen molar-refractivity contribution < 1.29 is 13.5 Å². The lowest BCUT2D eigenvalue weighted by Crippen LogP contribution is -2.50. The number of pyridine rings is 1. The first-order valence-electron chi connectivity index (χ1n) is 7.80. The van der Waals surface area contributed by atoms with Crippen LogP contribution >= 0.6 is 0 Å². The predicted octanol–water partition coefficient (Wildman–Crippen LogP) is 2.55. The normalized spacial score (nSPS) is 33.7. The van der Waals surface area contributed by atoms with E-state index in [0.29, 0.717) is 25.7 Å². The lowest BCUT2D eigenvalue weighted by molar-refractivity contribution is 0.00639. The third-order valence-corrected chi connectivity index (χ3v) is 7.92. The van der Waals surface area contributed by atoms with Crippen molar-refractivity contribution in [2.24, 2.45) is 0 Å². The molecule has 0 spiro atoms. The zero-order valence-corrected chi connectivity index (χ0v) is 13.1. The molecule has 2 unspecified atom stereocenters. The Morgan fingerprint density at radius 2 is 1.82 bits per heavy atom. The number of aliphatic hydroxyl groups is 1. The SMILES string of the molecule is O=S1(=O)C2CCCC1CC(O)(c1cccc3ncccc13)C2. The number of nitrogens with zero attached hydrogens (tertiary/aromatic N) is 1. The van der Waals surface area contributed by atoms with E-state index in [0.717, 1.165) is 22.9 Å². The number of benzene rings is 1. The highest BCUT2D eigenvalue weighted by Gasteiger charge is 2.51. The zero-order chi connectivity index (χ0) is 15.4. The number of hydrogen-bond donors (Lipinski definition) is 1. The summed E-state index contributed by atoms with van der Waals surface area (Å²) in [7, 11) is -3.07. The van der Waals surface area contributed by atoms with E-state index in [2.05, 4.69) is 4.98 Å². The molecule has 2 bridgehead atoms. The number of rotatable bonds is 1. The number of sulfone groups is 1. The first-order chi connectivity index (χ1) is 10.5. The molecule has 4 nitrogen and oxygen atoms in total. The average Bonchev–Trinajstić information content (AvgIpc) is 2.48. The third kappa shape index (κ3) is 1.99. The first-order valence-corrected chi connectivity index (χ1v) is 9.41. The molecule has 2 saturated heterocycles. The second-order valence-electron chi connectivity index (χ2n) is 6.58. The molecule has 2 atom stereocenters. The van der Waals surface area contributed by atoms with Crippen LogP contribution in [0.25, 0.3) is 10.9 Å². The molecule has 0 radical (unpaired) electrons. The van der Waals surface area contributed by atoms with Gasteiger partial charge in [-0.25, -0.2) is 8.42 Å². The Bertz CT molecular complexity index is 805. The standard InChI is InChI=1S/C17H19NO3S/c19-17(10-12-4-1-5-13(11-17)22(12,20)21)15-7-2-8-16-14(15)6-3-9-18-16/h2-3,6-9,12-13,19H,1,4-5,10-11H2. The van der Waals surface area contributed by atoms with Crippen LogP contribution in [-0.4, -0.2) is 29.0 Å². The molecule has 2 aromatic rings. The van der Waals surface area contributed by atoms with Crippen LogP contribution in [0.5, 0.6) is 0 Å². The van der Waals surface area contributed by atoms with Crippen molar-refractivity contribution in [1.29, 1.82) is 0 Å². The molecule has 2 fully saturated rings. The quantitative estimate of drug-likeness (QED) is 0.878. The Morgan fingerprint density at radius 1 is 1.09 bits per heavy atom. The molecular weight excluding hydrogens is 298 g/mol. The van der Waals surface area contributed by atoms with Gasteiger partial charge in [-0.15, -0.1) is 0 Å². The molecule has 5 heteroatoms. The van der Waals surface area contributed by atoms with Crippen LogP contribution in [0.3, 0.4) is 0 Å². The molecule has 0 saturated carbocycles. The summed E-state index contributed by atoms with van der Waals surface area (Å²) in [5, 5.41) is 11.4. The summed E-state index contributed by atoms with van der Waals surface area (Å²) in [5.41, 5.74) is 0.598. The monoisotopic (exact) mass is 317 g/mol. The van der Waals surface area contributed by atoms with Crippen molar-refractivity contribution in [3.05, 3.63) is 42.1 Å². The van der Waals surface area contributed by atoms with Crippen LogP contribution in [0.1, 0.15) is 37.7 Å². The van der Waals surface area contributed by atoms with E-state index >= 15 is 0 Å². The van der Waals surface area contributed by atoms with Crippen LogP contribution in [0.2, 0.25) is 0 Å². The fourth-order valence-corrected chi connectivity index (χ4v) is 6.73. The lowest BCUT2D eigenvalue weighted by Gasteiger charge is -2.44. The maximum Gasteiger partial charge on any atom is 0.156 e. The van der Waals surface area contributed by atoms with Crippen LogP contribution in [-0.2, 0) is 15.4 Å². The van der Waals surface area contributed by atoms with E-state index in [9.17, 15) is 13.5 Å². The highest BCUT2D eigenvalue weighted by molar-refractivity contribution is 7.92. The number of aromatic nitrogens is 1. The molecule has 3 heterocycles. The van der Waals surface area contributed by atoms with Crippen LogP contribution < -0.4 is 0 Å². The fraction of sp³-hybridized carbons (Fsp3) is 0.471. The van der Waals surface area contributed by atoms with Crippen molar-refractivity contribution in [2.75, 3.05) is 0 Å². The van der Waals surface area contributed by atoms with Gasteiger partial charge in [-0.05, 0) is 43.4 Å². The molecule has 4 rings (SSSR count). The Labute approximate surface area is 130 Å². The van der Waals surface area contributed by atoms with Gasteiger partial charge in [0.15, 0.2) is 9.84 Å². The minimum atomic E-state index is -3.07. The molecular formula is C17H19NO3S. The van der Waals surface area contributed by atoms with E-state index < -0.39 is 25.9 Å². The summed E-state index contributed by atoms with van der Waals surface area (Å²) in [4.78, 5) is 4.34. The van der Waals surface area contributed by atoms with Gasteiger partial charge in [0.2, 0.25) is 0 Å². The predicted molar refractivity (Wildman–Crippen MR) is 85.2 cm³/mol. The van der Waals surface area contributed by atoms with Crippen LogP contribution in [0.4, 0.5) is 0 Å².